The number of rotatable bonds is 3. The van der Waals surface area contributed by atoms with Crippen LogP contribution in [0.25, 0.3) is 10.1 Å². The maximum absolute atomic E-state index is 12.1. The van der Waals surface area contributed by atoms with Gasteiger partial charge < -0.3 is 4.74 Å². The summed E-state index contributed by atoms with van der Waals surface area (Å²) in [6, 6.07) is 11.4. The number of benzene rings is 2. The lowest BCUT2D eigenvalue weighted by atomic mass is 10.1. The van der Waals surface area contributed by atoms with Crippen LogP contribution in [0.3, 0.4) is 0 Å². The highest BCUT2D eigenvalue weighted by Crippen LogP contribution is 2.41. The summed E-state index contributed by atoms with van der Waals surface area (Å²) in [7, 11) is 0. The minimum absolute atomic E-state index is 0.126. The first-order valence-electron chi connectivity index (χ1n) is 8.03. The van der Waals surface area contributed by atoms with E-state index in [1.54, 1.807) is 24.3 Å². The molecule has 1 unspecified atom stereocenters. The first kappa shape index (κ1) is 18.7. The molecule has 2 heterocycles. The third kappa shape index (κ3) is 3.09. The highest BCUT2D eigenvalue weighted by molar-refractivity contribution is 7.21. The number of hydrazone groups is 1. The lowest BCUT2D eigenvalue weighted by molar-refractivity contribution is -0.386. The molecule has 7 nitrogen and oxygen atoms in total. The van der Waals surface area contributed by atoms with Crippen molar-refractivity contribution in [2.75, 3.05) is 0 Å². The Balaban J connectivity index is 1.80. The second-order valence-corrected chi connectivity index (χ2v) is 7.81. The topological polar surface area (TPSA) is 85.0 Å². The molecule has 0 saturated heterocycles. The number of thiophene rings is 1. The summed E-state index contributed by atoms with van der Waals surface area (Å²) in [5, 5.41) is 18.4. The normalized spacial score (nSPS) is 16.2. The van der Waals surface area contributed by atoms with Gasteiger partial charge in [0.2, 0.25) is 12.1 Å². The van der Waals surface area contributed by atoms with Crippen LogP contribution in [0.15, 0.2) is 47.6 Å². The van der Waals surface area contributed by atoms with E-state index >= 15 is 0 Å². The number of nitrogens with zero attached hydrogens (tertiary/aromatic N) is 3. The zero-order chi connectivity index (χ0) is 20.0. The van der Waals surface area contributed by atoms with Crippen LogP contribution in [-0.2, 0) is 9.53 Å². The fraction of sp³-hybridized carbons (Fsp3) is 0.111. The highest BCUT2D eigenvalue weighted by atomic mass is 35.5. The molecule has 0 spiro atoms. The summed E-state index contributed by atoms with van der Waals surface area (Å²) < 4.78 is 6.76. The van der Waals surface area contributed by atoms with Crippen molar-refractivity contribution < 1.29 is 14.5 Å². The van der Waals surface area contributed by atoms with Gasteiger partial charge in [0.25, 0.3) is 11.6 Å². The molecule has 10 heteroatoms. The zero-order valence-corrected chi connectivity index (χ0v) is 16.6. The SMILES string of the molecule is CC(=O)N1N=C(c2sc3ccc(Cl)cc3c2Cl)OC1c1ccccc1[N+](=O)[O-]. The maximum atomic E-state index is 12.1. The molecule has 1 aliphatic heterocycles. The van der Waals surface area contributed by atoms with Crippen molar-refractivity contribution in [1.82, 2.24) is 5.01 Å². The first-order chi connectivity index (χ1) is 13.4. The van der Waals surface area contributed by atoms with E-state index in [0.29, 0.717) is 14.9 Å². The second kappa shape index (κ2) is 7.05. The third-order valence-corrected chi connectivity index (χ3v) is 6.05. The summed E-state index contributed by atoms with van der Waals surface area (Å²) in [5.41, 5.74) is 0.0612. The van der Waals surface area contributed by atoms with Gasteiger partial charge in [0, 0.05) is 28.1 Å². The van der Waals surface area contributed by atoms with Crippen molar-refractivity contribution in [1.29, 1.82) is 0 Å². The van der Waals surface area contributed by atoms with Crippen LogP contribution >= 0.6 is 34.5 Å². The monoisotopic (exact) mass is 435 g/mol. The Morgan fingerprint density at radius 1 is 1.29 bits per heavy atom. The summed E-state index contributed by atoms with van der Waals surface area (Å²) >= 11 is 13.9. The molecule has 4 rings (SSSR count). The Kier molecular flexibility index (Phi) is 4.70. The molecule has 0 radical (unpaired) electrons. The molecular formula is C18H11Cl2N3O4S. The van der Waals surface area contributed by atoms with Gasteiger partial charge in [-0.2, -0.15) is 5.01 Å². The fourth-order valence-corrected chi connectivity index (χ4v) is 4.48. The lowest BCUT2D eigenvalue weighted by Gasteiger charge is -2.18. The molecule has 142 valence electrons. The maximum Gasteiger partial charge on any atom is 0.278 e. The number of nitro groups is 1. The molecule has 3 aromatic rings. The van der Waals surface area contributed by atoms with Crippen LogP contribution in [0.2, 0.25) is 10.0 Å². The summed E-state index contributed by atoms with van der Waals surface area (Å²) in [6.07, 6.45) is -1.06. The molecule has 1 atom stereocenters. The molecule has 1 aromatic heterocycles. The van der Waals surface area contributed by atoms with Crippen LogP contribution < -0.4 is 0 Å². The number of halogens is 2. The smallest absolute Gasteiger partial charge is 0.278 e. The van der Waals surface area contributed by atoms with Gasteiger partial charge in [0.1, 0.15) is 4.88 Å². The van der Waals surface area contributed by atoms with E-state index in [2.05, 4.69) is 5.10 Å². The van der Waals surface area contributed by atoms with Crippen LogP contribution in [0.5, 0.6) is 0 Å². The minimum Gasteiger partial charge on any atom is -0.445 e. The average Bonchev–Trinajstić information content (AvgIpc) is 3.24. The summed E-state index contributed by atoms with van der Waals surface area (Å²) in [6.45, 7) is 1.31. The van der Waals surface area contributed by atoms with E-state index in [0.717, 1.165) is 15.1 Å². The number of fused-ring (bicyclic) bond motifs is 1. The minimum atomic E-state index is -1.06. The summed E-state index contributed by atoms with van der Waals surface area (Å²) in [4.78, 5) is 23.5. The van der Waals surface area contributed by atoms with Crippen LogP contribution in [0, 0.1) is 10.1 Å². The zero-order valence-electron chi connectivity index (χ0n) is 14.3. The van der Waals surface area contributed by atoms with Crippen LogP contribution in [-0.4, -0.2) is 21.7 Å². The van der Waals surface area contributed by atoms with Gasteiger partial charge in [-0.05, 0) is 24.3 Å². The molecule has 0 saturated carbocycles. The molecule has 28 heavy (non-hydrogen) atoms. The van der Waals surface area contributed by atoms with E-state index < -0.39 is 17.1 Å². The number of amides is 1. The first-order valence-corrected chi connectivity index (χ1v) is 9.60. The highest BCUT2D eigenvalue weighted by Gasteiger charge is 2.38. The molecule has 0 bridgehead atoms. The number of carbonyl (C=O) groups is 1. The number of ether oxygens (including phenoxy) is 1. The molecule has 0 aliphatic carbocycles. The number of hydrogen-bond acceptors (Lipinski definition) is 6. The van der Waals surface area contributed by atoms with Crippen molar-refractivity contribution in [2.24, 2.45) is 5.10 Å². The van der Waals surface area contributed by atoms with E-state index in [9.17, 15) is 14.9 Å². The number of carbonyl (C=O) groups excluding carboxylic acids is 1. The molecular weight excluding hydrogens is 425 g/mol. The number of hydrogen-bond donors (Lipinski definition) is 0. The van der Waals surface area contributed by atoms with Gasteiger partial charge in [-0.15, -0.1) is 16.4 Å². The van der Waals surface area contributed by atoms with Gasteiger partial charge in [-0.1, -0.05) is 35.3 Å². The molecule has 1 amide bonds. The Morgan fingerprint density at radius 2 is 2.04 bits per heavy atom. The van der Waals surface area contributed by atoms with Crippen LogP contribution in [0.4, 0.5) is 5.69 Å². The standard InChI is InChI=1S/C18H11Cl2N3O4S/c1-9(24)22-18(11-4-2-3-5-13(11)23(25)26)27-17(21-22)16-15(20)12-8-10(19)6-7-14(12)28-16/h2-8,18H,1H3. The second-order valence-electron chi connectivity index (χ2n) is 5.94. The Bertz CT molecular complexity index is 1160. The Labute approximate surface area is 172 Å². The van der Waals surface area contributed by atoms with E-state index in [4.69, 9.17) is 27.9 Å². The summed E-state index contributed by atoms with van der Waals surface area (Å²) in [5.74, 6) is -0.292. The fourth-order valence-electron chi connectivity index (χ4n) is 2.90. The third-order valence-electron chi connectivity index (χ3n) is 4.15. The average molecular weight is 436 g/mol. The van der Waals surface area contributed by atoms with Crippen molar-refractivity contribution in [3.05, 3.63) is 73.1 Å². The lowest BCUT2D eigenvalue weighted by Crippen LogP contribution is -2.25. The van der Waals surface area contributed by atoms with E-state index in [1.807, 2.05) is 6.07 Å². The Morgan fingerprint density at radius 3 is 2.75 bits per heavy atom. The van der Waals surface area contributed by atoms with Crippen molar-refractivity contribution in [3.63, 3.8) is 0 Å². The molecule has 0 fully saturated rings. The van der Waals surface area contributed by atoms with Gasteiger partial charge in [-0.3, -0.25) is 14.9 Å². The largest absolute Gasteiger partial charge is 0.445 e. The molecule has 1 aliphatic rings. The predicted molar refractivity (Wildman–Crippen MR) is 108 cm³/mol. The van der Waals surface area contributed by atoms with Crippen molar-refractivity contribution in [2.45, 2.75) is 13.2 Å². The predicted octanol–water partition coefficient (Wildman–Crippen LogP) is 5.36. The molecule has 0 N–H and O–H groups in total. The van der Waals surface area contributed by atoms with Gasteiger partial charge >= 0.3 is 0 Å². The number of nitro benzene ring substituents is 1. The Hall–Kier alpha value is -2.68. The van der Waals surface area contributed by atoms with Crippen molar-refractivity contribution >= 4 is 62.1 Å². The van der Waals surface area contributed by atoms with Gasteiger partial charge in [0.15, 0.2) is 0 Å². The van der Waals surface area contributed by atoms with Crippen LogP contribution in [0.1, 0.15) is 23.6 Å². The van der Waals surface area contributed by atoms with Gasteiger partial charge in [0.05, 0.1) is 15.5 Å². The van der Waals surface area contributed by atoms with E-state index in [-0.39, 0.29) is 17.1 Å². The van der Waals surface area contributed by atoms with Gasteiger partial charge in [-0.25, -0.2) is 0 Å². The molecule has 2 aromatic carbocycles. The van der Waals surface area contributed by atoms with E-state index in [1.165, 1.54) is 30.4 Å². The quantitative estimate of drug-likeness (QED) is 0.409. The number of para-hydroxylation sites is 1. The van der Waals surface area contributed by atoms with Crippen molar-refractivity contribution in [3.8, 4) is 0 Å².